The minimum absolute atomic E-state index is 0. The summed E-state index contributed by atoms with van der Waals surface area (Å²) in [6, 6.07) is 3.97. The Labute approximate surface area is 100 Å². The monoisotopic (exact) mass is 242 g/mol. The van der Waals surface area contributed by atoms with E-state index in [0.717, 1.165) is 30.9 Å². The molecule has 5 heteroatoms. The highest BCUT2D eigenvalue weighted by atomic mass is 35.5. The number of aliphatic carboxylic acids is 1. The van der Waals surface area contributed by atoms with Crippen LogP contribution in [0.3, 0.4) is 0 Å². The summed E-state index contributed by atoms with van der Waals surface area (Å²) in [7, 11) is 0. The molecule has 2 rings (SSSR count). The second kappa shape index (κ2) is 5.70. The van der Waals surface area contributed by atoms with Gasteiger partial charge in [-0.1, -0.05) is 6.07 Å². The standard InChI is InChI=1S/C11H14N2O2.ClH/c14-10(15)6-5-9-4-3-8-2-1-7-12-11(8)13-9;/h3-4H,1-2,5-7H2,(H,12,13)(H,14,15);1H. The van der Waals surface area contributed by atoms with E-state index in [4.69, 9.17) is 5.11 Å². The Bertz CT molecular complexity index is 382. The first-order valence-corrected chi connectivity index (χ1v) is 5.20. The van der Waals surface area contributed by atoms with E-state index < -0.39 is 5.97 Å². The molecular formula is C11H15ClN2O2. The number of nitrogens with one attached hydrogen (secondary N) is 1. The van der Waals surface area contributed by atoms with Crippen LogP contribution in [0.2, 0.25) is 0 Å². The highest BCUT2D eigenvalue weighted by Gasteiger charge is 2.10. The van der Waals surface area contributed by atoms with Gasteiger partial charge < -0.3 is 10.4 Å². The first kappa shape index (κ1) is 12.8. The predicted molar refractivity (Wildman–Crippen MR) is 64.3 cm³/mol. The number of aryl methyl sites for hydroxylation is 2. The van der Waals surface area contributed by atoms with Crippen LogP contribution in [0.25, 0.3) is 0 Å². The molecule has 0 aliphatic carbocycles. The summed E-state index contributed by atoms with van der Waals surface area (Å²) in [6.07, 6.45) is 2.85. The fourth-order valence-corrected chi connectivity index (χ4v) is 1.74. The lowest BCUT2D eigenvalue weighted by molar-refractivity contribution is -0.136. The molecular weight excluding hydrogens is 228 g/mol. The number of nitrogens with zero attached hydrogens (tertiary/aromatic N) is 1. The average Bonchev–Trinajstić information content (AvgIpc) is 2.26. The summed E-state index contributed by atoms with van der Waals surface area (Å²) < 4.78 is 0. The van der Waals surface area contributed by atoms with Crippen LogP contribution in [0, 0.1) is 0 Å². The van der Waals surface area contributed by atoms with Gasteiger partial charge in [0, 0.05) is 18.7 Å². The molecule has 16 heavy (non-hydrogen) atoms. The summed E-state index contributed by atoms with van der Waals surface area (Å²) in [5, 5.41) is 11.8. The number of carboxylic acids is 1. The van der Waals surface area contributed by atoms with E-state index in [-0.39, 0.29) is 18.8 Å². The lowest BCUT2D eigenvalue weighted by Gasteiger charge is -2.17. The van der Waals surface area contributed by atoms with E-state index in [1.807, 2.05) is 12.1 Å². The second-order valence-corrected chi connectivity index (χ2v) is 3.73. The maximum absolute atomic E-state index is 10.4. The first-order valence-electron chi connectivity index (χ1n) is 5.20. The van der Waals surface area contributed by atoms with Gasteiger partial charge in [0.25, 0.3) is 0 Å². The van der Waals surface area contributed by atoms with Crippen LogP contribution in [-0.4, -0.2) is 22.6 Å². The SMILES string of the molecule is Cl.O=C(O)CCc1ccc2c(n1)NCCC2. The van der Waals surface area contributed by atoms with Gasteiger partial charge in [0.05, 0.1) is 6.42 Å². The molecule has 4 nitrogen and oxygen atoms in total. The number of hydrogen-bond donors (Lipinski definition) is 2. The van der Waals surface area contributed by atoms with Crippen molar-refractivity contribution in [1.82, 2.24) is 4.98 Å². The molecule has 0 spiro atoms. The van der Waals surface area contributed by atoms with Gasteiger partial charge in [-0.25, -0.2) is 4.98 Å². The molecule has 0 fully saturated rings. The Hall–Kier alpha value is -1.29. The molecule has 1 aromatic heterocycles. The molecule has 1 aliphatic heterocycles. The van der Waals surface area contributed by atoms with E-state index in [0.29, 0.717) is 6.42 Å². The molecule has 0 radical (unpaired) electrons. The third kappa shape index (κ3) is 3.10. The molecule has 0 saturated heterocycles. The third-order valence-electron chi connectivity index (χ3n) is 2.55. The number of anilines is 1. The normalized spacial score (nSPS) is 13.2. The number of carbonyl (C=O) groups is 1. The summed E-state index contributed by atoms with van der Waals surface area (Å²) in [6.45, 7) is 0.961. The van der Waals surface area contributed by atoms with Crippen LogP contribution in [0.1, 0.15) is 24.1 Å². The summed E-state index contributed by atoms with van der Waals surface area (Å²) in [5.41, 5.74) is 2.09. The summed E-state index contributed by atoms with van der Waals surface area (Å²) in [5.74, 6) is 0.159. The van der Waals surface area contributed by atoms with E-state index >= 15 is 0 Å². The maximum atomic E-state index is 10.4. The number of rotatable bonds is 3. The van der Waals surface area contributed by atoms with Gasteiger partial charge in [0.1, 0.15) is 5.82 Å². The lowest BCUT2D eigenvalue weighted by Crippen LogP contribution is -2.14. The third-order valence-corrected chi connectivity index (χ3v) is 2.55. The van der Waals surface area contributed by atoms with Crippen molar-refractivity contribution in [2.45, 2.75) is 25.7 Å². The van der Waals surface area contributed by atoms with Gasteiger partial charge in [-0.2, -0.15) is 0 Å². The maximum Gasteiger partial charge on any atom is 0.303 e. The van der Waals surface area contributed by atoms with Crippen molar-refractivity contribution in [2.24, 2.45) is 0 Å². The molecule has 0 amide bonds. The Kier molecular flexibility index (Phi) is 4.55. The number of halogens is 1. The Balaban J connectivity index is 0.00000128. The zero-order valence-electron chi connectivity index (χ0n) is 8.90. The Morgan fingerprint density at radius 2 is 2.31 bits per heavy atom. The second-order valence-electron chi connectivity index (χ2n) is 3.73. The molecule has 0 bridgehead atoms. The largest absolute Gasteiger partial charge is 0.481 e. The number of pyridine rings is 1. The molecule has 0 unspecified atom stereocenters. The van der Waals surface area contributed by atoms with Crippen molar-refractivity contribution < 1.29 is 9.90 Å². The van der Waals surface area contributed by atoms with Gasteiger partial charge in [0.2, 0.25) is 0 Å². The van der Waals surface area contributed by atoms with Crippen LogP contribution in [0.15, 0.2) is 12.1 Å². The van der Waals surface area contributed by atoms with Gasteiger partial charge in [0.15, 0.2) is 0 Å². The van der Waals surface area contributed by atoms with Crippen LogP contribution in [-0.2, 0) is 17.6 Å². The molecule has 2 heterocycles. The number of carboxylic acid groups (broad SMARTS) is 1. The zero-order valence-corrected chi connectivity index (χ0v) is 9.72. The van der Waals surface area contributed by atoms with Gasteiger partial charge in [-0.05, 0) is 24.5 Å². The van der Waals surface area contributed by atoms with Gasteiger partial charge >= 0.3 is 5.97 Å². The van der Waals surface area contributed by atoms with Crippen molar-refractivity contribution in [3.8, 4) is 0 Å². The van der Waals surface area contributed by atoms with Crippen LogP contribution >= 0.6 is 12.4 Å². The minimum atomic E-state index is -0.775. The van der Waals surface area contributed by atoms with Crippen LogP contribution < -0.4 is 5.32 Å². The Morgan fingerprint density at radius 1 is 1.50 bits per heavy atom. The first-order chi connectivity index (χ1) is 7.25. The molecule has 88 valence electrons. The fourth-order valence-electron chi connectivity index (χ4n) is 1.74. The highest BCUT2D eigenvalue weighted by Crippen LogP contribution is 2.19. The van der Waals surface area contributed by atoms with Crippen molar-refractivity contribution in [3.05, 3.63) is 23.4 Å². The van der Waals surface area contributed by atoms with E-state index in [1.165, 1.54) is 5.56 Å². The number of hydrogen-bond acceptors (Lipinski definition) is 3. The fraction of sp³-hybridized carbons (Fsp3) is 0.455. The molecule has 1 aromatic rings. The van der Waals surface area contributed by atoms with Crippen molar-refractivity contribution in [2.75, 3.05) is 11.9 Å². The minimum Gasteiger partial charge on any atom is -0.481 e. The van der Waals surface area contributed by atoms with E-state index in [2.05, 4.69) is 10.3 Å². The van der Waals surface area contributed by atoms with Gasteiger partial charge in [-0.15, -0.1) is 12.4 Å². The van der Waals surface area contributed by atoms with Crippen LogP contribution in [0.4, 0.5) is 5.82 Å². The average molecular weight is 243 g/mol. The zero-order chi connectivity index (χ0) is 10.7. The van der Waals surface area contributed by atoms with E-state index in [1.54, 1.807) is 0 Å². The topological polar surface area (TPSA) is 62.2 Å². The van der Waals surface area contributed by atoms with Gasteiger partial charge in [-0.3, -0.25) is 4.79 Å². The van der Waals surface area contributed by atoms with Crippen molar-refractivity contribution >= 4 is 24.2 Å². The number of aromatic nitrogens is 1. The molecule has 1 aliphatic rings. The molecule has 0 aromatic carbocycles. The Morgan fingerprint density at radius 3 is 3.06 bits per heavy atom. The van der Waals surface area contributed by atoms with Crippen LogP contribution in [0.5, 0.6) is 0 Å². The van der Waals surface area contributed by atoms with Crippen molar-refractivity contribution in [3.63, 3.8) is 0 Å². The lowest BCUT2D eigenvalue weighted by atomic mass is 10.1. The molecule has 0 atom stereocenters. The predicted octanol–water partition coefficient (Wildman–Crippen LogP) is 1.88. The molecule has 0 saturated carbocycles. The summed E-state index contributed by atoms with van der Waals surface area (Å²) in [4.78, 5) is 14.8. The molecule has 2 N–H and O–H groups in total. The smallest absolute Gasteiger partial charge is 0.303 e. The number of fused-ring (bicyclic) bond motifs is 1. The quantitative estimate of drug-likeness (QED) is 0.850. The highest BCUT2D eigenvalue weighted by molar-refractivity contribution is 5.85. The summed E-state index contributed by atoms with van der Waals surface area (Å²) >= 11 is 0. The van der Waals surface area contributed by atoms with E-state index in [9.17, 15) is 4.79 Å². The van der Waals surface area contributed by atoms with Crippen molar-refractivity contribution in [1.29, 1.82) is 0 Å².